The molecule has 0 amide bonds. The predicted octanol–water partition coefficient (Wildman–Crippen LogP) is 5.31. The van der Waals surface area contributed by atoms with Crippen LogP contribution >= 0.6 is 0 Å². The summed E-state index contributed by atoms with van der Waals surface area (Å²) in [6.45, 7) is 11.3. The third-order valence-electron chi connectivity index (χ3n) is 4.15. The summed E-state index contributed by atoms with van der Waals surface area (Å²) < 4.78 is 6.32. The second kappa shape index (κ2) is 5.95. The summed E-state index contributed by atoms with van der Waals surface area (Å²) in [5.41, 5.74) is 2.18. The Labute approximate surface area is 129 Å². The molecule has 0 fully saturated rings. The number of hydrogen-bond donors (Lipinski definition) is 0. The van der Waals surface area contributed by atoms with Crippen LogP contribution in [0, 0.1) is 11.8 Å². The van der Waals surface area contributed by atoms with Crippen LogP contribution in [0.3, 0.4) is 0 Å². The first-order valence-corrected chi connectivity index (χ1v) is 10.4. The monoisotopic (exact) mass is 296 g/mol. The van der Waals surface area contributed by atoms with Crippen LogP contribution in [0.2, 0.25) is 18.1 Å². The third-order valence-corrected chi connectivity index (χ3v) is 8.51. The highest BCUT2D eigenvalue weighted by Crippen LogP contribution is 2.37. The lowest BCUT2D eigenvalue weighted by atomic mass is 10.2. The molecular weight excluding hydrogens is 272 g/mol. The van der Waals surface area contributed by atoms with Crippen molar-refractivity contribution >= 4 is 8.32 Å². The fourth-order valence-electron chi connectivity index (χ4n) is 1.78. The second-order valence-corrected chi connectivity index (χ2v) is 11.7. The largest absolute Gasteiger partial charge is 0.543 e. The first kappa shape index (κ1) is 15.7. The van der Waals surface area contributed by atoms with E-state index in [1.165, 1.54) is 5.57 Å². The van der Waals surface area contributed by atoms with Gasteiger partial charge in [-0.2, -0.15) is 0 Å². The minimum absolute atomic E-state index is 0.203. The highest BCUT2D eigenvalue weighted by Gasteiger charge is 2.38. The Morgan fingerprint density at radius 2 is 1.90 bits per heavy atom. The van der Waals surface area contributed by atoms with E-state index in [4.69, 9.17) is 4.43 Å². The fourth-order valence-corrected chi connectivity index (χ4v) is 2.80. The summed E-state index contributed by atoms with van der Waals surface area (Å²) in [6, 6.07) is 8.14. The van der Waals surface area contributed by atoms with E-state index < -0.39 is 8.32 Å². The molecule has 21 heavy (non-hydrogen) atoms. The molecule has 0 radical (unpaired) electrons. The van der Waals surface area contributed by atoms with Gasteiger partial charge in [-0.1, -0.05) is 56.9 Å². The zero-order chi connectivity index (χ0) is 15.5. The van der Waals surface area contributed by atoms with Crippen LogP contribution in [0.25, 0.3) is 0 Å². The van der Waals surface area contributed by atoms with Crippen LogP contribution in [0.4, 0.5) is 0 Å². The molecule has 1 aliphatic carbocycles. The van der Waals surface area contributed by atoms with Gasteiger partial charge in [0, 0.05) is 11.1 Å². The van der Waals surface area contributed by atoms with Crippen LogP contribution < -0.4 is 4.43 Å². The quantitative estimate of drug-likeness (QED) is 0.531. The van der Waals surface area contributed by atoms with E-state index in [1.807, 2.05) is 18.2 Å². The van der Waals surface area contributed by atoms with Crippen molar-refractivity contribution in [1.82, 2.24) is 0 Å². The highest BCUT2D eigenvalue weighted by atomic mass is 28.4. The SMILES string of the molecule is CC(C)(C)[Si](C)(C)Oc1cccc(C#CC2=CC=CC2)c1. The lowest BCUT2D eigenvalue weighted by Gasteiger charge is -2.36. The maximum atomic E-state index is 6.32. The number of benzene rings is 1. The molecule has 0 aromatic heterocycles. The molecule has 2 heteroatoms. The van der Waals surface area contributed by atoms with E-state index in [0.717, 1.165) is 17.7 Å². The van der Waals surface area contributed by atoms with Crippen LogP contribution in [0.15, 0.2) is 48.1 Å². The molecule has 0 N–H and O–H groups in total. The summed E-state index contributed by atoms with van der Waals surface area (Å²) in [7, 11) is -1.79. The van der Waals surface area contributed by atoms with Gasteiger partial charge in [-0.15, -0.1) is 0 Å². The standard InChI is InChI=1S/C19H24OSi/c1-19(2,3)21(4,5)20-18-12-8-11-17(15-18)14-13-16-9-6-7-10-16/h6-9,11-12,15H,10H2,1-5H3. The summed E-state index contributed by atoms with van der Waals surface area (Å²) in [5.74, 6) is 7.39. The zero-order valence-corrected chi connectivity index (χ0v) is 14.7. The maximum Gasteiger partial charge on any atom is 0.250 e. The molecule has 0 heterocycles. The van der Waals surface area contributed by atoms with E-state index in [1.54, 1.807) is 0 Å². The molecule has 0 bridgehead atoms. The van der Waals surface area contributed by atoms with Crippen LogP contribution in [0.1, 0.15) is 32.8 Å². The van der Waals surface area contributed by atoms with Gasteiger partial charge in [0.05, 0.1) is 0 Å². The van der Waals surface area contributed by atoms with E-state index >= 15 is 0 Å². The van der Waals surface area contributed by atoms with E-state index in [-0.39, 0.29) is 5.04 Å². The van der Waals surface area contributed by atoms with E-state index in [2.05, 4.69) is 70.0 Å². The van der Waals surface area contributed by atoms with Crippen molar-refractivity contribution < 1.29 is 4.43 Å². The average Bonchev–Trinajstić information content (AvgIpc) is 2.88. The molecule has 0 spiro atoms. The molecule has 0 saturated carbocycles. The van der Waals surface area contributed by atoms with Gasteiger partial charge >= 0.3 is 0 Å². The number of rotatable bonds is 2. The molecular formula is C19H24OSi. The summed E-state index contributed by atoms with van der Waals surface area (Å²) in [5, 5.41) is 0.203. The minimum atomic E-state index is -1.79. The summed E-state index contributed by atoms with van der Waals surface area (Å²) >= 11 is 0. The van der Waals surface area contributed by atoms with Crippen LogP contribution in [0.5, 0.6) is 5.75 Å². The highest BCUT2D eigenvalue weighted by molar-refractivity contribution is 6.74. The maximum absolute atomic E-state index is 6.32. The molecule has 1 aliphatic rings. The van der Waals surface area contributed by atoms with E-state index in [9.17, 15) is 0 Å². The predicted molar refractivity (Wildman–Crippen MR) is 93.0 cm³/mol. The Morgan fingerprint density at radius 3 is 2.52 bits per heavy atom. The molecule has 1 aromatic rings. The molecule has 2 rings (SSSR count). The average molecular weight is 296 g/mol. The smallest absolute Gasteiger partial charge is 0.250 e. The Balaban J connectivity index is 2.15. The Morgan fingerprint density at radius 1 is 1.14 bits per heavy atom. The molecule has 1 aromatic carbocycles. The lowest BCUT2D eigenvalue weighted by Crippen LogP contribution is -2.43. The van der Waals surface area contributed by atoms with Crippen LogP contribution in [-0.2, 0) is 0 Å². The van der Waals surface area contributed by atoms with Crippen molar-refractivity contribution in [1.29, 1.82) is 0 Å². The Hall–Kier alpha value is -1.72. The Kier molecular flexibility index (Phi) is 4.44. The van der Waals surface area contributed by atoms with Gasteiger partial charge in [-0.3, -0.25) is 0 Å². The molecule has 0 unspecified atom stereocenters. The van der Waals surface area contributed by atoms with Gasteiger partial charge in [0.1, 0.15) is 5.75 Å². The molecule has 0 saturated heterocycles. The summed E-state index contributed by atoms with van der Waals surface area (Å²) in [4.78, 5) is 0. The van der Waals surface area contributed by atoms with Gasteiger partial charge in [0.15, 0.2) is 0 Å². The number of allylic oxidation sites excluding steroid dienone is 4. The van der Waals surface area contributed by atoms with Crippen molar-refractivity contribution in [3.63, 3.8) is 0 Å². The van der Waals surface area contributed by atoms with Gasteiger partial charge in [0.2, 0.25) is 8.32 Å². The van der Waals surface area contributed by atoms with Crippen molar-refractivity contribution in [3.8, 4) is 17.6 Å². The van der Waals surface area contributed by atoms with Gasteiger partial charge < -0.3 is 4.43 Å². The van der Waals surface area contributed by atoms with E-state index in [0.29, 0.717) is 0 Å². The lowest BCUT2D eigenvalue weighted by molar-refractivity contribution is 0.492. The van der Waals surface area contributed by atoms with Gasteiger partial charge in [-0.25, -0.2) is 0 Å². The van der Waals surface area contributed by atoms with Gasteiger partial charge in [-0.05, 0) is 42.8 Å². The normalized spacial score (nSPS) is 14.4. The zero-order valence-electron chi connectivity index (χ0n) is 13.7. The molecule has 0 atom stereocenters. The van der Waals surface area contributed by atoms with Crippen molar-refractivity contribution in [2.75, 3.05) is 0 Å². The summed E-state index contributed by atoms with van der Waals surface area (Å²) in [6.07, 6.45) is 7.21. The van der Waals surface area contributed by atoms with Crippen molar-refractivity contribution in [2.24, 2.45) is 0 Å². The molecule has 110 valence electrons. The van der Waals surface area contributed by atoms with Crippen molar-refractivity contribution in [2.45, 2.75) is 45.3 Å². The minimum Gasteiger partial charge on any atom is -0.543 e. The fraction of sp³-hybridized carbons (Fsp3) is 0.368. The topological polar surface area (TPSA) is 9.23 Å². The second-order valence-electron chi connectivity index (χ2n) is 6.96. The van der Waals surface area contributed by atoms with Crippen LogP contribution in [-0.4, -0.2) is 8.32 Å². The number of hydrogen-bond acceptors (Lipinski definition) is 1. The first-order valence-electron chi connectivity index (χ1n) is 7.45. The first-order chi connectivity index (χ1) is 9.78. The molecule has 0 aliphatic heterocycles. The molecule has 1 nitrogen and oxygen atoms in total. The Bertz CT molecular complexity index is 634. The third kappa shape index (κ3) is 4.12. The van der Waals surface area contributed by atoms with Crippen molar-refractivity contribution in [3.05, 3.63) is 53.6 Å². The van der Waals surface area contributed by atoms with Gasteiger partial charge in [0.25, 0.3) is 0 Å².